The van der Waals surface area contributed by atoms with Gasteiger partial charge in [-0.2, -0.15) is 4.39 Å². The van der Waals surface area contributed by atoms with Crippen LogP contribution in [0.15, 0.2) is 11.8 Å². The molecule has 0 unspecified atom stereocenters. The molecule has 0 aliphatic rings. The molecule has 0 rings (SSSR count). The van der Waals surface area contributed by atoms with E-state index in [0.29, 0.717) is 12.0 Å². The monoisotopic (exact) mass is 130 g/mol. The molecule has 0 spiro atoms. The maximum atomic E-state index is 12.0. The van der Waals surface area contributed by atoms with E-state index in [1.807, 2.05) is 0 Å². The van der Waals surface area contributed by atoms with Gasteiger partial charge in [0.15, 0.2) is 0 Å². The first-order valence-corrected chi connectivity index (χ1v) is 2.83. The SMILES string of the molecule is CC/C(=C/NC)C(=N)F. The van der Waals surface area contributed by atoms with Crippen molar-refractivity contribution >= 4 is 5.97 Å². The smallest absolute Gasteiger partial charge is 0.210 e. The van der Waals surface area contributed by atoms with Crippen molar-refractivity contribution in [3.05, 3.63) is 11.8 Å². The van der Waals surface area contributed by atoms with Crippen LogP contribution in [0.3, 0.4) is 0 Å². The zero-order valence-corrected chi connectivity index (χ0v) is 5.66. The fourth-order valence-corrected chi connectivity index (χ4v) is 0.495. The normalized spacial score (nSPS) is 11.2. The summed E-state index contributed by atoms with van der Waals surface area (Å²) in [5.74, 6) is -0.855. The van der Waals surface area contributed by atoms with Crippen LogP contribution < -0.4 is 5.32 Å². The van der Waals surface area contributed by atoms with Crippen molar-refractivity contribution in [3.8, 4) is 0 Å². The predicted molar refractivity (Wildman–Crippen MR) is 36.3 cm³/mol. The highest BCUT2D eigenvalue weighted by Gasteiger charge is 1.97. The van der Waals surface area contributed by atoms with Crippen molar-refractivity contribution in [3.63, 3.8) is 0 Å². The van der Waals surface area contributed by atoms with Crippen LogP contribution in [0.25, 0.3) is 0 Å². The molecule has 0 aromatic rings. The lowest BCUT2D eigenvalue weighted by Crippen LogP contribution is -2.00. The molecular formula is C6H11FN2. The first-order chi connectivity index (χ1) is 4.22. The zero-order valence-electron chi connectivity index (χ0n) is 5.66. The van der Waals surface area contributed by atoms with Crippen molar-refractivity contribution in [2.75, 3.05) is 7.05 Å². The minimum absolute atomic E-state index is 0.400. The van der Waals surface area contributed by atoms with Gasteiger partial charge < -0.3 is 5.32 Å². The molecule has 0 atom stereocenters. The molecular weight excluding hydrogens is 119 g/mol. The lowest BCUT2D eigenvalue weighted by Gasteiger charge is -1.95. The van der Waals surface area contributed by atoms with E-state index < -0.39 is 5.97 Å². The van der Waals surface area contributed by atoms with E-state index in [2.05, 4.69) is 5.32 Å². The average Bonchev–Trinajstić information content (AvgIpc) is 1.82. The van der Waals surface area contributed by atoms with Crippen molar-refractivity contribution in [2.45, 2.75) is 13.3 Å². The molecule has 0 saturated heterocycles. The number of nitrogens with one attached hydrogen (secondary N) is 2. The lowest BCUT2D eigenvalue weighted by atomic mass is 10.2. The van der Waals surface area contributed by atoms with Gasteiger partial charge in [0.2, 0.25) is 5.97 Å². The molecule has 0 aliphatic heterocycles. The molecule has 3 heteroatoms. The van der Waals surface area contributed by atoms with Crippen molar-refractivity contribution in [2.24, 2.45) is 0 Å². The third-order valence-corrected chi connectivity index (χ3v) is 0.981. The van der Waals surface area contributed by atoms with E-state index in [0.717, 1.165) is 0 Å². The second-order valence-electron chi connectivity index (χ2n) is 1.63. The van der Waals surface area contributed by atoms with E-state index in [-0.39, 0.29) is 0 Å². The van der Waals surface area contributed by atoms with E-state index >= 15 is 0 Å². The Morgan fingerprint density at radius 1 is 1.78 bits per heavy atom. The molecule has 0 fully saturated rings. The summed E-state index contributed by atoms with van der Waals surface area (Å²) in [6.45, 7) is 1.80. The van der Waals surface area contributed by atoms with Gasteiger partial charge in [0, 0.05) is 18.8 Å². The minimum atomic E-state index is -0.855. The lowest BCUT2D eigenvalue weighted by molar-refractivity contribution is 0.782. The van der Waals surface area contributed by atoms with Crippen molar-refractivity contribution in [1.82, 2.24) is 5.32 Å². The number of hydrogen-bond donors (Lipinski definition) is 2. The molecule has 0 aliphatic carbocycles. The Kier molecular flexibility index (Phi) is 3.67. The average molecular weight is 130 g/mol. The molecule has 0 bridgehead atoms. The largest absolute Gasteiger partial charge is 0.394 e. The molecule has 52 valence electrons. The Hall–Kier alpha value is -0.860. The van der Waals surface area contributed by atoms with Crippen LogP contribution in [0.1, 0.15) is 13.3 Å². The molecule has 0 aromatic carbocycles. The Morgan fingerprint density at radius 3 is 2.44 bits per heavy atom. The highest BCUT2D eigenvalue weighted by Crippen LogP contribution is 2.00. The zero-order chi connectivity index (χ0) is 7.28. The van der Waals surface area contributed by atoms with Crippen molar-refractivity contribution in [1.29, 1.82) is 5.41 Å². The van der Waals surface area contributed by atoms with Gasteiger partial charge in [0.05, 0.1) is 0 Å². The standard InChI is InChI=1S/C6H11FN2/c1-3-5(4-9-2)6(7)8/h4,8-9H,3H2,1-2H3/b5-4-,8-6?. The van der Waals surface area contributed by atoms with E-state index in [9.17, 15) is 4.39 Å². The van der Waals surface area contributed by atoms with Crippen LogP contribution in [0, 0.1) is 5.41 Å². The predicted octanol–water partition coefficient (Wildman–Crippen LogP) is 1.45. The summed E-state index contributed by atoms with van der Waals surface area (Å²) in [4.78, 5) is 0. The molecule has 9 heavy (non-hydrogen) atoms. The van der Waals surface area contributed by atoms with Crippen molar-refractivity contribution < 1.29 is 4.39 Å². The van der Waals surface area contributed by atoms with E-state index in [4.69, 9.17) is 5.41 Å². The van der Waals surface area contributed by atoms with Crippen LogP contribution >= 0.6 is 0 Å². The van der Waals surface area contributed by atoms with Crippen LogP contribution in [0.5, 0.6) is 0 Å². The number of allylic oxidation sites excluding steroid dienone is 1. The van der Waals surface area contributed by atoms with Gasteiger partial charge >= 0.3 is 0 Å². The maximum Gasteiger partial charge on any atom is 0.210 e. The second kappa shape index (κ2) is 4.06. The second-order valence-corrected chi connectivity index (χ2v) is 1.63. The van der Waals surface area contributed by atoms with Gasteiger partial charge in [0.25, 0.3) is 0 Å². The maximum absolute atomic E-state index is 12.0. The summed E-state index contributed by atoms with van der Waals surface area (Å²) in [6, 6.07) is 0. The van der Waals surface area contributed by atoms with Gasteiger partial charge in [-0.05, 0) is 6.42 Å². The first-order valence-electron chi connectivity index (χ1n) is 2.83. The topological polar surface area (TPSA) is 35.9 Å². The van der Waals surface area contributed by atoms with Crippen LogP contribution in [-0.2, 0) is 0 Å². The van der Waals surface area contributed by atoms with Crippen LogP contribution in [0.2, 0.25) is 0 Å². The summed E-state index contributed by atoms with van der Waals surface area (Å²) in [5.41, 5.74) is 0.400. The van der Waals surface area contributed by atoms with Gasteiger partial charge in [-0.25, -0.2) is 0 Å². The molecule has 0 amide bonds. The van der Waals surface area contributed by atoms with Gasteiger partial charge in [-0.1, -0.05) is 6.92 Å². The Bertz CT molecular complexity index is 129. The first kappa shape index (κ1) is 8.14. The number of rotatable bonds is 3. The fraction of sp³-hybridized carbons (Fsp3) is 0.500. The summed E-state index contributed by atoms with van der Waals surface area (Å²) >= 11 is 0. The van der Waals surface area contributed by atoms with Gasteiger partial charge in [0.1, 0.15) is 0 Å². The third-order valence-electron chi connectivity index (χ3n) is 0.981. The Labute approximate surface area is 54.3 Å². The van der Waals surface area contributed by atoms with E-state index in [1.54, 1.807) is 14.0 Å². The number of halogens is 1. The van der Waals surface area contributed by atoms with Gasteiger partial charge in [-0.15, -0.1) is 0 Å². The Balaban J connectivity index is 3.98. The van der Waals surface area contributed by atoms with E-state index in [1.165, 1.54) is 6.20 Å². The molecule has 0 saturated carbocycles. The fourth-order valence-electron chi connectivity index (χ4n) is 0.495. The summed E-state index contributed by atoms with van der Waals surface area (Å²) < 4.78 is 12.0. The minimum Gasteiger partial charge on any atom is -0.394 e. The Morgan fingerprint density at radius 2 is 2.33 bits per heavy atom. The van der Waals surface area contributed by atoms with Gasteiger partial charge in [-0.3, -0.25) is 5.41 Å². The third kappa shape index (κ3) is 2.85. The molecule has 0 radical (unpaired) electrons. The molecule has 2 N–H and O–H groups in total. The molecule has 2 nitrogen and oxygen atoms in total. The molecule has 0 aromatic heterocycles. The summed E-state index contributed by atoms with van der Waals surface area (Å²) in [7, 11) is 1.68. The van der Waals surface area contributed by atoms with Crippen LogP contribution in [-0.4, -0.2) is 13.0 Å². The van der Waals surface area contributed by atoms with Crippen LogP contribution in [0.4, 0.5) is 4.39 Å². The highest BCUT2D eigenvalue weighted by molar-refractivity contribution is 5.89. The highest BCUT2D eigenvalue weighted by atomic mass is 19.1. The quantitative estimate of drug-likeness (QED) is 0.557. The molecule has 0 heterocycles. The summed E-state index contributed by atoms with van der Waals surface area (Å²) in [5, 5.41) is 9.24. The summed E-state index contributed by atoms with van der Waals surface area (Å²) in [6.07, 6.45) is 2.04. The number of hydrogen-bond acceptors (Lipinski definition) is 2.